The molecule has 21 heavy (non-hydrogen) atoms. The number of nitrogens with zero attached hydrogens (tertiary/aromatic N) is 1. The van der Waals surface area contributed by atoms with Crippen LogP contribution in [0.3, 0.4) is 0 Å². The van der Waals surface area contributed by atoms with Crippen LogP contribution in [0.1, 0.15) is 31.7 Å². The average molecular weight is 313 g/mol. The molecule has 1 saturated heterocycles. The lowest BCUT2D eigenvalue weighted by molar-refractivity contribution is -0.136. The van der Waals surface area contributed by atoms with E-state index < -0.39 is 5.97 Å². The van der Waals surface area contributed by atoms with E-state index in [0.717, 1.165) is 32.4 Å². The standard InChI is InChI=1S/C16H24N2O2.ClH/c1-2-13-5-3-4-6-15(13)18-11-8-14(9-12-18)17-10-7-16(19)20;/h3-6,14,17H,2,7-12H2,1H3,(H,19,20);1H. The fourth-order valence-electron chi connectivity index (χ4n) is 2.83. The molecule has 5 heteroatoms. The lowest BCUT2D eigenvalue weighted by atomic mass is 10.0. The monoisotopic (exact) mass is 312 g/mol. The lowest BCUT2D eigenvalue weighted by Crippen LogP contribution is -2.43. The molecule has 1 aromatic rings. The van der Waals surface area contributed by atoms with E-state index in [1.807, 2.05) is 0 Å². The molecule has 2 rings (SSSR count). The zero-order valence-corrected chi connectivity index (χ0v) is 13.4. The summed E-state index contributed by atoms with van der Waals surface area (Å²) in [6, 6.07) is 9.07. The number of anilines is 1. The van der Waals surface area contributed by atoms with Gasteiger partial charge >= 0.3 is 5.97 Å². The molecule has 1 aromatic carbocycles. The Labute approximate surface area is 132 Å². The Kier molecular flexibility index (Phi) is 7.54. The largest absolute Gasteiger partial charge is 0.481 e. The minimum atomic E-state index is -0.730. The van der Waals surface area contributed by atoms with Gasteiger partial charge in [0.15, 0.2) is 0 Å². The number of rotatable bonds is 6. The summed E-state index contributed by atoms with van der Waals surface area (Å²) in [5, 5.41) is 12.0. The molecule has 0 bridgehead atoms. The van der Waals surface area contributed by atoms with E-state index in [1.165, 1.54) is 11.3 Å². The van der Waals surface area contributed by atoms with Gasteiger partial charge < -0.3 is 15.3 Å². The van der Waals surface area contributed by atoms with Crippen molar-refractivity contribution in [3.8, 4) is 0 Å². The minimum Gasteiger partial charge on any atom is -0.481 e. The second-order valence-corrected chi connectivity index (χ2v) is 5.34. The Bertz CT molecular complexity index is 446. The van der Waals surface area contributed by atoms with Crippen molar-refractivity contribution in [3.63, 3.8) is 0 Å². The molecule has 0 saturated carbocycles. The fraction of sp³-hybridized carbons (Fsp3) is 0.562. The molecule has 0 radical (unpaired) electrons. The van der Waals surface area contributed by atoms with Crippen LogP contribution in [-0.4, -0.2) is 36.8 Å². The Morgan fingerprint density at radius 3 is 2.62 bits per heavy atom. The molecule has 0 amide bonds. The third kappa shape index (κ3) is 5.21. The summed E-state index contributed by atoms with van der Waals surface area (Å²) >= 11 is 0. The SMILES string of the molecule is CCc1ccccc1N1CCC(NCCC(=O)O)CC1.Cl. The van der Waals surface area contributed by atoms with Gasteiger partial charge in [0.05, 0.1) is 6.42 Å². The summed E-state index contributed by atoms with van der Waals surface area (Å²) in [7, 11) is 0. The van der Waals surface area contributed by atoms with E-state index >= 15 is 0 Å². The summed E-state index contributed by atoms with van der Waals surface area (Å²) in [5.74, 6) is -0.730. The van der Waals surface area contributed by atoms with Gasteiger partial charge in [0.2, 0.25) is 0 Å². The molecular weight excluding hydrogens is 288 g/mol. The first-order valence-electron chi connectivity index (χ1n) is 7.48. The number of hydrogen-bond donors (Lipinski definition) is 2. The van der Waals surface area contributed by atoms with Crippen LogP contribution in [0.25, 0.3) is 0 Å². The number of carboxylic acid groups (broad SMARTS) is 1. The number of nitrogens with one attached hydrogen (secondary N) is 1. The molecule has 4 nitrogen and oxygen atoms in total. The van der Waals surface area contributed by atoms with Crippen molar-refractivity contribution < 1.29 is 9.90 Å². The Morgan fingerprint density at radius 2 is 2.00 bits per heavy atom. The highest BCUT2D eigenvalue weighted by Crippen LogP contribution is 2.24. The van der Waals surface area contributed by atoms with E-state index in [4.69, 9.17) is 5.11 Å². The Morgan fingerprint density at radius 1 is 1.33 bits per heavy atom. The van der Waals surface area contributed by atoms with Gasteiger partial charge in [-0.05, 0) is 30.9 Å². The summed E-state index contributed by atoms with van der Waals surface area (Å²) in [4.78, 5) is 13.0. The number of carboxylic acids is 1. The van der Waals surface area contributed by atoms with Crippen molar-refractivity contribution in [2.24, 2.45) is 0 Å². The highest BCUT2D eigenvalue weighted by molar-refractivity contribution is 5.85. The number of aliphatic carboxylic acids is 1. The molecule has 0 aromatic heterocycles. The van der Waals surface area contributed by atoms with Crippen molar-refractivity contribution in [3.05, 3.63) is 29.8 Å². The second kappa shape index (κ2) is 8.90. The summed E-state index contributed by atoms with van der Waals surface area (Å²) < 4.78 is 0. The van der Waals surface area contributed by atoms with E-state index in [2.05, 4.69) is 41.4 Å². The molecule has 1 fully saturated rings. The first-order chi connectivity index (χ1) is 9.70. The highest BCUT2D eigenvalue weighted by atomic mass is 35.5. The summed E-state index contributed by atoms with van der Waals surface area (Å²) in [6.07, 6.45) is 3.43. The van der Waals surface area contributed by atoms with Gasteiger partial charge in [-0.15, -0.1) is 12.4 Å². The van der Waals surface area contributed by atoms with Crippen LogP contribution < -0.4 is 10.2 Å². The van der Waals surface area contributed by atoms with Crippen LogP contribution in [0.2, 0.25) is 0 Å². The molecule has 0 unspecified atom stereocenters. The maximum atomic E-state index is 10.5. The number of benzene rings is 1. The van der Waals surface area contributed by atoms with Crippen molar-refractivity contribution in [1.29, 1.82) is 0 Å². The van der Waals surface area contributed by atoms with Gasteiger partial charge in [0, 0.05) is 31.4 Å². The quantitative estimate of drug-likeness (QED) is 0.848. The smallest absolute Gasteiger partial charge is 0.304 e. The molecule has 2 N–H and O–H groups in total. The molecule has 1 aliphatic heterocycles. The van der Waals surface area contributed by atoms with Crippen LogP contribution in [0.5, 0.6) is 0 Å². The predicted molar refractivity (Wildman–Crippen MR) is 88.6 cm³/mol. The molecule has 0 aliphatic carbocycles. The first kappa shape index (κ1) is 17.8. The van der Waals surface area contributed by atoms with E-state index in [9.17, 15) is 4.79 Å². The van der Waals surface area contributed by atoms with Gasteiger partial charge in [-0.3, -0.25) is 4.79 Å². The van der Waals surface area contributed by atoms with E-state index in [-0.39, 0.29) is 18.8 Å². The maximum Gasteiger partial charge on any atom is 0.304 e. The average Bonchev–Trinajstić information content (AvgIpc) is 2.47. The van der Waals surface area contributed by atoms with Crippen LogP contribution >= 0.6 is 12.4 Å². The third-order valence-electron chi connectivity index (χ3n) is 3.98. The maximum absolute atomic E-state index is 10.5. The number of piperidine rings is 1. The van der Waals surface area contributed by atoms with Crippen molar-refractivity contribution in [2.75, 3.05) is 24.5 Å². The van der Waals surface area contributed by atoms with E-state index in [1.54, 1.807) is 0 Å². The Balaban J connectivity index is 0.00000220. The molecule has 0 spiro atoms. The summed E-state index contributed by atoms with van der Waals surface area (Å²) in [5.41, 5.74) is 2.77. The van der Waals surface area contributed by atoms with Gasteiger partial charge in [-0.1, -0.05) is 25.1 Å². The molecule has 0 atom stereocenters. The second-order valence-electron chi connectivity index (χ2n) is 5.34. The fourth-order valence-corrected chi connectivity index (χ4v) is 2.83. The minimum absolute atomic E-state index is 0. The van der Waals surface area contributed by atoms with Gasteiger partial charge in [-0.2, -0.15) is 0 Å². The van der Waals surface area contributed by atoms with Gasteiger partial charge in [0.25, 0.3) is 0 Å². The summed E-state index contributed by atoms with van der Waals surface area (Å²) in [6.45, 7) is 4.86. The third-order valence-corrected chi connectivity index (χ3v) is 3.98. The number of aryl methyl sites for hydroxylation is 1. The molecule has 118 valence electrons. The van der Waals surface area contributed by atoms with Gasteiger partial charge in [0.1, 0.15) is 0 Å². The van der Waals surface area contributed by atoms with Crippen LogP contribution in [-0.2, 0) is 11.2 Å². The van der Waals surface area contributed by atoms with Gasteiger partial charge in [-0.25, -0.2) is 0 Å². The number of carbonyl (C=O) groups is 1. The van der Waals surface area contributed by atoms with Crippen molar-refractivity contribution in [1.82, 2.24) is 5.32 Å². The van der Waals surface area contributed by atoms with E-state index in [0.29, 0.717) is 12.6 Å². The number of halogens is 1. The van der Waals surface area contributed by atoms with Crippen LogP contribution in [0.15, 0.2) is 24.3 Å². The highest BCUT2D eigenvalue weighted by Gasteiger charge is 2.20. The van der Waals surface area contributed by atoms with Crippen molar-refractivity contribution >= 4 is 24.1 Å². The van der Waals surface area contributed by atoms with Crippen LogP contribution in [0.4, 0.5) is 5.69 Å². The number of hydrogen-bond acceptors (Lipinski definition) is 3. The van der Waals surface area contributed by atoms with Crippen LogP contribution in [0, 0.1) is 0 Å². The predicted octanol–water partition coefficient (Wildman–Crippen LogP) is 2.70. The molecule has 1 heterocycles. The first-order valence-corrected chi connectivity index (χ1v) is 7.48. The van der Waals surface area contributed by atoms with Crippen molar-refractivity contribution in [2.45, 2.75) is 38.6 Å². The topological polar surface area (TPSA) is 52.6 Å². The number of para-hydroxylation sites is 1. The normalized spacial score (nSPS) is 15.6. The Hall–Kier alpha value is -1.26. The molecular formula is C16H25ClN2O2. The zero-order valence-electron chi connectivity index (χ0n) is 12.5. The molecule has 1 aliphatic rings. The zero-order chi connectivity index (χ0) is 14.4. The lowest BCUT2D eigenvalue weighted by Gasteiger charge is -2.35.